The van der Waals surface area contributed by atoms with Crippen LogP contribution in [0.15, 0.2) is 41.3 Å². The number of anilines is 1. The number of nitrogens with zero attached hydrogens (tertiary/aromatic N) is 2. The van der Waals surface area contributed by atoms with Crippen molar-refractivity contribution >= 4 is 5.82 Å². The van der Waals surface area contributed by atoms with Gasteiger partial charge >= 0.3 is 0 Å². The molecule has 0 radical (unpaired) electrons. The van der Waals surface area contributed by atoms with Gasteiger partial charge in [-0.1, -0.05) is 19.1 Å². The summed E-state index contributed by atoms with van der Waals surface area (Å²) in [6.07, 6.45) is 2.85. The van der Waals surface area contributed by atoms with Crippen LogP contribution in [0.3, 0.4) is 0 Å². The van der Waals surface area contributed by atoms with Gasteiger partial charge in [-0.2, -0.15) is 0 Å². The van der Waals surface area contributed by atoms with Gasteiger partial charge in [-0.05, 0) is 31.5 Å². The molecule has 0 aliphatic carbocycles. The van der Waals surface area contributed by atoms with Crippen LogP contribution in [0.5, 0.6) is 0 Å². The van der Waals surface area contributed by atoms with Crippen molar-refractivity contribution in [2.75, 3.05) is 11.9 Å². The highest BCUT2D eigenvalue weighted by Gasteiger charge is 2.02. The fraction of sp³-hybridized carbons (Fsp3) is 0.333. The van der Waals surface area contributed by atoms with Gasteiger partial charge in [-0.15, -0.1) is 0 Å². The maximum atomic E-state index is 11.9. The summed E-state index contributed by atoms with van der Waals surface area (Å²) in [5.74, 6) is 0.861. The minimum atomic E-state index is 0.0382. The average molecular weight is 257 g/mol. The van der Waals surface area contributed by atoms with E-state index in [-0.39, 0.29) is 5.56 Å². The molecule has 2 heterocycles. The summed E-state index contributed by atoms with van der Waals surface area (Å²) >= 11 is 0. The molecule has 0 aliphatic heterocycles. The molecular formula is C15H19N3O. The van der Waals surface area contributed by atoms with E-state index in [0.717, 1.165) is 30.0 Å². The summed E-state index contributed by atoms with van der Waals surface area (Å²) in [5, 5.41) is 3.25. The maximum Gasteiger partial charge on any atom is 0.253 e. The van der Waals surface area contributed by atoms with Crippen LogP contribution in [0.4, 0.5) is 5.82 Å². The molecule has 4 heteroatoms. The van der Waals surface area contributed by atoms with Crippen molar-refractivity contribution in [1.82, 2.24) is 9.55 Å². The molecule has 19 heavy (non-hydrogen) atoms. The maximum absolute atomic E-state index is 11.9. The van der Waals surface area contributed by atoms with Crippen molar-refractivity contribution in [3.63, 3.8) is 0 Å². The molecule has 0 spiro atoms. The van der Waals surface area contributed by atoms with E-state index in [1.807, 2.05) is 37.3 Å². The number of pyridine rings is 2. The van der Waals surface area contributed by atoms with Crippen molar-refractivity contribution in [2.24, 2.45) is 0 Å². The third-order valence-corrected chi connectivity index (χ3v) is 2.91. The summed E-state index contributed by atoms with van der Waals surface area (Å²) in [4.78, 5) is 16.5. The Kier molecular flexibility index (Phi) is 4.34. The highest BCUT2D eigenvalue weighted by molar-refractivity contribution is 5.35. The summed E-state index contributed by atoms with van der Waals surface area (Å²) < 4.78 is 1.68. The summed E-state index contributed by atoms with van der Waals surface area (Å²) in [5.41, 5.74) is 1.67. The van der Waals surface area contributed by atoms with Crippen molar-refractivity contribution in [3.05, 3.63) is 58.1 Å². The molecule has 0 fully saturated rings. The van der Waals surface area contributed by atoms with Crippen LogP contribution in [0.25, 0.3) is 0 Å². The highest BCUT2D eigenvalue weighted by atomic mass is 16.1. The van der Waals surface area contributed by atoms with Gasteiger partial charge in [0, 0.05) is 18.3 Å². The monoisotopic (exact) mass is 257 g/mol. The first kappa shape index (κ1) is 13.3. The van der Waals surface area contributed by atoms with Gasteiger partial charge in [-0.25, -0.2) is 4.98 Å². The van der Waals surface area contributed by atoms with E-state index in [2.05, 4.69) is 17.2 Å². The zero-order valence-corrected chi connectivity index (χ0v) is 11.4. The van der Waals surface area contributed by atoms with Crippen LogP contribution in [0, 0.1) is 6.92 Å². The van der Waals surface area contributed by atoms with Crippen LogP contribution >= 0.6 is 0 Å². The predicted molar refractivity (Wildman–Crippen MR) is 77.6 cm³/mol. The van der Waals surface area contributed by atoms with Gasteiger partial charge in [0.1, 0.15) is 5.82 Å². The molecule has 100 valence electrons. The van der Waals surface area contributed by atoms with Gasteiger partial charge < -0.3 is 9.88 Å². The predicted octanol–water partition coefficient (Wildman–Crippen LogP) is 2.42. The smallest absolute Gasteiger partial charge is 0.253 e. The third-order valence-electron chi connectivity index (χ3n) is 2.91. The molecule has 0 saturated heterocycles. The molecule has 0 bridgehead atoms. The first-order valence-electron chi connectivity index (χ1n) is 6.56. The molecule has 2 rings (SSSR count). The molecule has 0 aliphatic rings. The molecule has 2 aromatic rings. The molecule has 0 aromatic carbocycles. The lowest BCUT2D eigenvalue weighted by atomic mass is 10.3. The fourth-order valence-corrected chi connectivity index (χ4v) is 1.87. The average Bonchev–Trinajstić information content (AvgIpc) is 2.42. The third kappa shape index (κ3) is 3.44. The number of nitrogens with one attached hydrogen (secondary N) is 1. The minimum Gasteiger partial charge on any atom is -0.370 e. The van der Waals surface area contributed by atoms with Crippen molar-refractivity contribution < 1.29 is 0 Å². The zero-order chi connectivity index (χ0) is 13.7. The van der Waals surface area contributed by atoms with Crippen LogP contribution in [0.1, 0.15) is 24.6 Å². The lowest BCUT2D eigenvalue weighted by molar-refractivity contribution is 0.733. The SMILES string of the molecule is CCCNc1cccc(Cn2cccc(C)c2=O)n1. The molecular weight excluding hydrogens is 238 g/mol. The van der Waals surface area contributed by atoms with Gasteiger partial charge in [0.2, 0.25) is 0 Å². The van der Waals surface area contributed by atoms with Gasteiger partial charge in [0.25, 0.3) is 5.56 Å². The second-order valence-corrected chi connectivity index (χ2v) is 4.57. The van der Waals surface area contributed by atoms with Gasteiger partial charge in [-0.3, -0.25) is 4.79 Å². The molecule has 4 nitrogen and oxygen atoms in total. The van der Waals surface area contributed by atoms with E-state index in [0.29, 0.717) is 6.54 Å². The van der Waals surface area contributed by atoms with E-state index in [4.69, 9.17) is 0 Å². The Labute approximate surface area is 113 Å². The van der Waals surface area contributed by atoms with Crippen LogP contribution in [-0.4, -0.2) is 16.1 Å². The molecule has 0 unspecified atom stereocenters. The quantitative estimate of drug-likeness (QED) is 0.894. The van der Waals surface area contributed by atoms with Crippen molar-refractivity contribution in [3.8, 4) is 0 Å². The van der Waals surface area contributed by atoms with Crippen molar-refractivity contribution in [1.29, 1.82) is 0 Å². The Morgan fingerprint density at radius 3 is 2.89 bits per heavy atom. The molecule has 0 saturated carbocycles. The largest absolute Gasteiger partial charge is 0.370 e. The number of aryl methyl sites for hydroxylation is 1. The van der Waals surface area contributed by atoms with Crippen molar-refractivity contribution in [2.45, 2.75) is 26.8 Å². The first-order chi connectivity index (χ1) is 9.20. The second kappa shape index (κ2) is 6.18. The molecule has 0 atom stereocenters. The van der Waals surface area contributed by atoms with Crippen LogP contribution in [-0.2, 0) is 6.54 Å². The molecule has 2 aromatic heterocycles. The van der Waals surface area contributed by atoms with Crippen LogP contribution in [0.2, 0.25) is 0 Å². The van der Waals surface area contributed by atoms with E-state index in [1.165, 1.54) is 0 Å². The number of aromatic nitrogens is 2. The number of rotatable bonds is 5. The minimum absolute atomic E-state index is 0.0382. The Balaban J connectivity index is 2.19. The second-order valence-electron chi connectivity index (χ2n) is 4.57. The van der Waals surface area contributed by atoms with Gasteiger partial charge in [0.05, 0.1) is 12.2 Å². The summed E-state index contributed by atoms with van der Waals surface area (Å²) in [7, 11) is 0. The highest BCUT2D eigenvalue weighted by Crippen LogP contribution is 2.06. The summed E-state index contributed by atoms with van der Waals surface area (Å²) in [6, 6.07) is 9.55. The topological polar surface area (TPSA) is 46.9 Å². The molecule has 1 N–H and O–H groups in total. The Morgan fingerprint density at radius 1 is 1.26 bits per heavy atom. The normalized spacial score (nSPS) is 10.4. The standard InChI is InChI=1S/C15H19N3O/c1-3-9-16-14-8-4-7-13(17-14)11-18-10-5-6-12(2)15(18)19/h4-8,10H,3,9,11H2,1-2H3,(H,16,17). The van der Waals surface area contributed by atoms with E-state index < -0.39 is 0 Å². The number of hydrogen-bond acceptors (Lipinski definition) is 3. The van der Waals surface area contributed by atoms with Crippen LogP contribution < -0.4 is 10.9 Å². The lowest BCUT2D eigenvalue weighted by Gasteiger charge is -2.08. The van der Waals surface area contributed by atoms with E-state index in [1.54, 1.807) is 10.8 Å². The van der Waals surface area contributed by atoms with Gasteiger partial charge in [0.15, 0.2) is 0 Å². The van der Waals surface area contributed by atoms with E-state index >= 15 is 0 Å². The number of hydrogen-bond donors (Lipinski definition) is 1. The first-order valence-corrected chi connectivity index (χ1v) is 6.56. The molecule has 0 amide bonds. The Hall–Kier alpha value is -2.10. The summed E-state index contributed by atoms with van der Waals surface area (Å²) in [6.45, 7) is 5.34. The Morgan fingerprint density at radius 2 is 2.11 bits per heavy atom. The Bertz CT molecular complexity index is 604. The lowest BCUT2D eigenvalue weighted by Crippen LogP contribution is -2.22. The van der Waals surface area contributed by atoms with E-state index in [9.17, 15) is 4.79 Å². The zero-order valence-electron chi connectivity index (χ0n) is 11.4. The fourth-order valence-electron chi connectivity index (χ4n) is 1.87.